The monoisotopic (exact) mass is 261 g/mol. The molecule has 1 aromatic rings. The fourth-order valence-electron chi connectivity index (χ4n) is 1.70. The van der Waals surface area contributed by atoms with Gasteiger partial charge in [0, 0.05) is 6.04 Å². The Kier molecular flexibility index (Phi) is 3.20. The van der Waals surface area contributed by atoms with Crippen molar-refractivity contribution in [3.63, 3.8) is 0 Å². The highest BCUT2D eigenvalue weighted by Gasteiger charge is 2.41. The minimum atomic E-state index is -2.27. The smallest absolute Gasteiger partial charge is 0.222 e. The largest absolute Gasteiger partial charge is 0.317 e. The molecule has 0 amide bonds. The summed E-state index contributed by atoms with van der Waals surface area (Å²) in [4.78, 5) is 0. The molecular weight excluding hydrogens is 249 g/mol. The summed E-state index contributed by atoms with van der Waals surface area (Å²) in [6.07, 6.45) is -0.000432. The maximum atomic E-state index is 6.19. The zero-order valence-electron chi connectivity index (χ0n) is 8.63. The number of halogens is 1. The van der Waals surface area contributed by atoms with Gasteiger partial charge in [-0.05, 0) is 42.6 Å². The second-order valence-electron chi connectivity index (χ2n) is 3.70. The summed E-state index contributed by atoms with van der Waals surface area (Å²) in [7, 11) is 1.93. The molecule has 0 radical (unpaired) electrons. The van der Waals surface area contributed by atoms with Gasteiger partial charge >= 0.3 is 0 Å². The van der Waals surface area contributed by atoms with E-state index in [-0.39, 0.29) is 12.1 Å². The zero-order valence-corrected chi connectivity index (χ0v) is 11.1. The summed E-state index contributed by atoms with van der Waals surface area (Å²) in [5, 5.41) is 0. The van der Waals surface area contributed by atoms with Crippen molar-refractivity contribution in [2.24, 2.45) is 0 Å². The zero-order chi connectivity index (χ0) is 11.1. The quantitative estimate of drug-likeness (QED) is 0.718. The lowest BCUT2D eigenvalue weighted by molar-refractivity contribution is 0.218. The first-order chi connectivity index (χ1) is 7.02. The summed E-state index contributed by atoms with van der Waals surface area (Å²) in [5.41, 5.74) is 1.14. The first-order valence-electron chi connectivity index (χ1n) is 4.79. The molecule has 3 atom stereocenters. The lowest BCUT2D eigenvalue weighted by Crippen LogP contribution is -2.22. The van der Waals surface area contributed by atoms with Crippen LogP contribution in [0.5, 0.6) is 0 Å². The molecule has 0 aromatic heterocycles. The van der Waals surface area contributed by atoms with Gasteiger partial charge in [0.05, 0.1) is 0 Å². The highest BCUT2D eigenvalue weighted by molar-refractivity contribution is 8.23. The molecule has 1 fully saturated rings. The van der Waals surface area contributed by atoms with Crippen LogP contribution in [-0.4, -0.2) is 17.8 Å². The van der Waals surface area contributed by atoms with Gasteiger partial charge in [0.1, 0.15) is 6.10 Å². The summed E-state index contributed by atoms with van der Waals surface area (Å²) in [6, 6.07) is 10.3. The van der Waals surface area contributed by atoms with Gasteiger partial charge in [-0.1, -0.05) is 30.3 Å². The van der Waals surface area contributed by atoms with E-state index in [0.29, 0.717) is 0 Å². The third-order valence-electron chi connectivity index (χ3n) is 2.78. The third kappa shape index (κ3) is 2.13. The van der Waals surface area contributed by atoms with Crippen molar-refractivity contribution in [2.75, 3.05) is 7.05 Å². The van der Waals surface area contributed by atoms with Gasteiger partial charge in [0.2, 0.25) is 5.77 Å². The highest BCUT2D eigenvalue weighted by Crippen LogP contribution is 2.65. The Hall–Kier alpha value is 0.0800. The molecule has 2 nitrogen and oxygen atoms in total. The van der Waals surface area contributed by atoms with Crippen LogP contribution in [0.25, 0.3) is 0 Å². The fourth-order valence-corrected chi connectivity index (χ4v) is 4.38. The van der Waals surface area contributed by atoms with E-state index in [1.165, 1.54) is 0 Å². The SMILES string of the molecule is CC1C(c2ccccc2)OP(=S)(Cl)N1C. The fraction of sp³-hybridized carbons (Fsp3) is 0.400. The van der Waals surface area contributed by atoms with Gasteiger partial charge < -0.3 is 4.52 Å². The Morgan fingerprint density at radius 3 is 2.47 bits per heavy atom. The van der Waals surface area contributed by atoms with Gasteiger partial charge in [-0.3, -0.25) is 0 Å². The van der Waals surface area contributed by atoms with Crippen molar-refractivity contribution in [3.8, 4) is 0 Å². The minimum absolute atomic E-state index is 0.000432. The first-order valence-corrected chi connectivity index (χ1v) is 8.36. The molecular formula is C10H13ClNOPS. The molecule has 0 bridgehead atoms. The van der Waals surface area contributed by atoms with Crippen LogP contribution in [0.2, 0.25) is 0 Å². The van der Waals surface area contributed by atoms with Crippen LogP contribution in [0.15, 0.2) is 30.3 Å². The summed E-state index contributed by atoms with van der Waals surface area (Å²) < 4.78 is 7.75. The van der Waals surface area contributed by atoms with Gasteiger partial charge in [-0.2, -0.15) is 0 Å². The molecule has 0 aliphatic carbocycles. The number of hydrogen-bond donors (Lipinski definition) is 0. The molecule has 1 aliphatic rings. The van der Waals surface area contributed by atoms with E-state index in [9.17, 15) is 0 Å². The molecule has 0 N–H and O–H groups in total. The van der Waals surface area contributed by atoms with Gasteiger partial charge in [0.25, 0.3) is 0 Å². The molecule has 82 valence electrons. The lowest BCUT2D eigenvalue weighted by Gasteiger charge is -2.18. The van der Waals surface area contributed by atoms with Crippen LogP contribution >= 0.6 is 17.0 Å². The van der Waals surface area contributed by atoms with E-state index in [2.05, 4.69) is 6.92 Å². The van der Waals surface area contributed by atoms with E-state index in [1.54, 1.807) is 0 Å². The Bertz CT molecular complexity index is 400. The van der Waals surface area contributed by atoms with Crippen molar-refractivity contribution < 1.29 is 4.52 Å². The number of hydrogen-bond acceptors (Lipinski definition) is 2. The van der Waals surface area contributed by atoms with Gasteiger partial charge in [-0.25, -0.2) is 4.67 Å². The molecule has 0 saturated carbocycles. The van der Waals surface area contributed by atoms with Crippen molar-refractivity contribution >= 4 is 28.8 Å². The number of benzene rings is 1. The predicted molar refractivity (Wildman–Crippen MR) is 67.6 cm³/mol. The van der Waals surface area contributed by atoms with Crippen LogP contribution in [0, 0.1) is 0 Å². The standard InChI is InChI=1S/C10H13ClNOPS/c1-8-10(9-6-4-3-5-7-9)13-14(11,15)12(8)2/h3-8,10H,1-2H3. The maximum absolute atomic E-state index is 6.19. The van der Waals surface area contributed by atoms with Crippen LogP contribution in [0.3, 0.4) is 0 Å². The van der Waals surface area contributed by atoms with Gasteiger partial charge in [-0.15, -0.1) is 0 Å². The summed E-state index contributed by atoms with van der Waals surface area (Å²) in [5.74, 6) is -2.27. The molecule has 1 saturated heterocycles. The number of rotatable bonds is 1. The van der Waals surface area contributed by atoms with Crippen molar-refractivity contribution in [1.82, 2.24) is 4.67 Å². The first kappa shape index (κ1) is 11.6. The highest BCUT2D eigenvalue weighted by atomic mass is 35.7. The molecule has 1 heterocycles. The maximum Gasteiger partial charge on any atom is 0.222 e. The van der Waals surface area contributed by atoms with Crippen LogP contribution in [-0.2, 0) is 16.3 Å². The number of likely N-dealkylation sites (N-methyl/N-ethyl adjacent to an activating group) is 1. The predicted octanol–water partition coefficient (Wildman–Crippen LogP) is 3.54. The van der Waals surface area contributed by atoms with Gasteiger partial charge in [0.15, 0.2) is 0 Å². The van der Waals surface area contributed by atoms with E-state index in [4.69, 9.17) is 27.6 Å². The van der Waals surface area contributed by atoms with Crippen LogP contribution in [0.4, 0.5) is 0 Å². The van der Waals surface area contributed by atoms with Crippen molar-refractivity contribution in [2.45, 2.75) is 19.1 Å². The molecule has 1 aromatic carbocycles. The van der Waals surface area contributed by atoms with Crippen molar-refractivity contribution in [1.29, 1.82) is 0 Å². The molecule has 3 unspecified atom stereocenters. The van der Waals surface area contributed by atoms with Crippen LogP contribution < -0.4 is 0 Å². The molecule has 15 heavy (non-hydrogen) atoms. The van der Waals surface area contributed by atoms with E-state index in [1.807, 2.05) is 42.0 Å². The Morgan fingerprint density at radius 1 is 1.40 bits per heavy atom. The average molecular weight is 262 g/mol. The molecule has 1 aliphatic heterocycles. The van der Waals surface area contributed by atoms with E-state index >= 15 is 0 Å². The van der Waals surface area contributed by atoms with E-state index < -0.39 is 5.77 Å². The molecule has 0 spiro atoms. The molecule has 5 heteroatoms. The topological polar surface area (TPSA) is 12.5 Å². The van der Waals surface area contributed by atoms with Crippen LogP contribution in [0.1, 0.15) is 18.6 Å². The second-order valence-corrected chi connectivity index (χ2v) is 8.91. The van der Waals surface area contributed by atoms with E-state index in [0.717, 1.165) is 5.56 Å². The minimum Gasteiger partial charge on any atom is -0.317 e. The Morgan fingerprint density at radius 2 is 2.00 bits per heavy atom. The Labute approximate surface area is 100 Å². The lowest BCUT2D eigenvalue weighted by atomic mass is 10.0. The second kappa shape index (κ2) is 4.15. The number of nitrogens with zero attached hydrogens (tertiary/aromatic N) is 1. The van der Waals surface area contributed by atoms with Crippen molar-refractivity contribution in [3.05, 3.63) is 35.9 Å². The summed E-state index contributed by atoms with van der Waals surface area (Å²) >= 11 is 11.5. The third-order valence-corrected chi connectivity index (χ3v) is 6.37. The normalized spacial score (nSPS) is 37.0. The molecule has 2 rings (SSSR count). The summed E-state index contributed by atoms with van der Waals surface area (Å²) in [6.45, 7) is 2.09. The average Bonchev–Trinajstić information content (AvgIpc) is 2.44. The Balaban J connectivity index is 2.31.